The van der Waals surface area contributed by atoms with Crippen molar-refractivity contribution in [1.29, 1.82) is 0 Å². The Kier molecular flexibility index (Phi) is 3.57. The summed E-state index contributed by atoms with van der Waals surface area (Å²) in [5.41, 5.74) is 1.20. The van der Waals surface area contributed by atoms with Gasteiger partial charge in [-0.1, -0.05) is 11.6 Å². The van der Waals surface area contributed by atoms with Gasteiger partial charge in [-0.2, -0.15) is 0 Å². The summed E-state index contributed by atoms with van der Waals surface area (Å²) in [7, 11) is 2.16. The fourth-order valence-corrected chi connectivity index (χ4v) is 2.00. The smallest absolute Gasteiger partial charge is 0.0592 e. The zero-order valence-electron chi connectivity index (χ0n) is 8.99. The maximum Gasteiger partial charge on any atom is 0.0592 e. The molecule has 0 unspecified atom stereocenters. The molecule has 82 valence electrons. The summed E-state index contributed by atoms with van der Waals surface area (Å²) in [5, 5.41) is 0.724. The molecule has 0 aromatic carbocycles. The molecule has 0 aliphatic carbocycles. The average molecular weight is 226 g/mol. The van der Waals surface area contributed by atoms with Crippen molar-refractivity contribution in [2.75, 3.05) is 33.2 Å². The van der Waals surface area contributed by atoms with Crippen LogP contribution in [0.15, 0.2) is 18.5 Å². The maximum absolute atomic E-state index is 5.90. The van der Waals surface area contributed by atoms with E-state index in [1.807, 2.05) is 12.3 Å². The van der Waals surface area contributed by atoms with Gasteiger partial charge in [-0.05, 0) is 18.7 Å². The molecule has 4 heteroatoms. The van der Waals surface area contributed by atoms with Crippen LogP contribution in [0, 0.1) is 0 Å². The largest absolute Gasteiger partial charge is 0.304 e. The Morgan fingerprint density at radius 1 is 1.27 bits per heavy atom. The lowest BCUT2D eigenvalue weighted by Gasteiger charge is -2.32. The van der Waals surface area contributed by atoms with E-state index in [0.717, 1.165) is 37.7 Å². The molecule has 0 N–H and O–H groups in total. The fraction of sp³-hybridized carbons (Fsp3) is 0.545. The van der Waals surface area contributed by atoms with Crippen LogP contribution >= 0.6 is 11.6 Å². The molecule has 3 nitrogen and oxygen atoms in total. The topological polar surface area (TPSA) is 19.4 Å². The van der Waals surface area contributed by atoms with E-state index in [1.54, 1.807) is 6.20 Å². The van der Waals surface area contributed by atoms with Gasteiger partial charge in [0.15, 0.2) is 0 Å². The van der Waals surface area contributed by atoms with Crippen LogP contribution in [0.4, 0.5) is 0 Å². The van der Waals surface area contributed by atoms with Crippen LogP contribution in [0.1, 0.15) is 5.56 Å². The van der Waals surface area contributed by atoms with Crippen molar-refractivity contribution < 1.29 is 0 Å². The SMILES string of the molecule is CN1CCN(Cc2cncc(Cl)c2)CC1. The Hall–Kier alpha value is -0.640. The van der Waals surface area contributed by atoms with Gasteiger partial charge in [0.1, 0.15) is 0 Å². The van der Waals surface area contributed by atoms with Gasteiger partial charge in [0, 0.05) is 45.1 Å². The molecule has 1 aliphatic heterocycles. The van der Waals surface area contributed by atoms with Gasteiger partial charge in [0.05, 0.1) is 5.02 Å². The van der Waals surface area contributed by atoms with E-state index in [4.69, 9.17) is 11.6 Å². The Balaban J connectivity index is 1.92. The monoisotopic (exact) mass is 225 g/mol. The molecule has 0 amide bonds. The molecule has 1 aliphatic rings. The molecule has 1 aromatic heterocycles. The zero-order valence-corrected chi connectivity index (χ0v) is 9.74. The third-order valence-electron chi connectivity index (χ3n) is 2.76. The highest BCUT2D eigenvalue weighted by Crippen LogP contribution is 2.11. The molecule has 2 rings (SSSR count). The fourth-order valence-electron chi connectivity index (χ4n) is 1.81. The van der Waals surface area contributed by atoms with Crippen molar-refractivity contribution in [2.45, 2.75) is 6.54 Å². The summed E-state index contributed by atoms with van der Waals surface area (Å²) in [6.07, 6.45) is 3.57. The minimum absolute atomic E-state index is 0.724. The molecule has 0 atom stereocenters. The number of aromatic nitrogens is 1. The quantitative estimate of drug-likeness (QED) is 0.760. The lowest BCUT2D eigenvalue weighted by atomic mass is 10.2. The predicted octanol–water partition coefficient (Wildman–Crippen LogP) is 1.48. The lowest BCUT2D eigenvalue weighted by molar-refractivity contribution is 0.148. The third-order valence-corrected chi connectivity index (χ3v) is 2.97. The van der Waals surface area contributed by atoms with E-state index in [-0.39, 0.29) is 0 Å². The van der Waals surface area contributed by atoms with Crippen LogP contribution in [0.25, 0.3) is 0 Å². The number of nitrogens with zero attached hydrogens (tertiary/aromatic N) is 3. The molecule has 0 radical (unpaired) electrons. The first-order chi connectivity index (χ1) is 7.24. The van der Waals surface area contributed by atoms with Crippen LogP contribution in [0.5, 0.6) is 0 Å². The molecule has 1 fully saturated rings. The molecular formula is C11H16ClN3. The Morgan fingerprint density at radius 2 is 2.00 bits per heavy atom. The molecule has 1 aromatic rings. The molecule has 15 heavy (non-hydrogen) atoms. The summed E-state index contributed by atoms with van der Waals surface area (Å²) in [4.78, 5) is 8.89. The van der Waals surface area contributed by atoms with Gasteiger partial charge in [-0.15, -0.1) is 0 Å². The van der Waals surface area contributed by atoms with Gasteiger partial charge in [-0.25, -0.2) is 0 Å². The van der Waals surface area contributed by atoms with Gasteiger partial charge >= 0.3 is 0 Å². The average Bonchev–Trinajstić information content (AvgIpc) is 2.22. The van der Waals surface area contributed by atoms with E-state index in [1.165, 1.54) is 5.56 Å². The molecule has 0 saturated carbocycles. The standard InChI is InChI=1S/C11H16ClN3/c1-14-2-4-15(5-3-14)9-10-6-11(12)8-13-7-10/h6-8H,2-5,9H2,1H3. The number of likely N-dealkylation sites (N-methyl/N-ethyl adjacent to an activating group) is 1. The minimum atomic E-state index is 0.724. The Morgan fingerprint density at radius 3 is 2.67 bits per heavy atom. The van der Waals surface area contributed by atoms with Crippen LogP contribution in [-0.2, 0) is 6.54 Å². The Bertz CT molecular complexity index is 321. The second-order valence-corrected chi connectivity index (χ2v) is 4.53. The van der Waals surface area contributed by atoms with E-state index < -0.39 is 0 Å². The highest BCUT2D eigenvalue weighted by Gasteiger charge is 2.13. The number of halogens is 1. The van der Waals surface area contributed by atoms with Crippen molar-refractivity contribution in [3.8, 4) is 0 Å². The summed E-state index contributed by atoms with van der Waals surface area (Å²) >= 11 is 5.90. The van der Waals surface area contributed by atoms with E-state index in [0.29, 0.717) is 0 Å². The third kappa shape index (κ3) is 3.16. The summed E-state index contributed by atoms with van der Waals surface area (Å²) in [6.45, 7) is 5.51. The predicted molar refractivity (Wildman–Crippen MR) is 62.0 cm³/mol. The van der Waals surface area contributed by atoms with Crippen molar-refractivity contribution in [3.63, 3.8) is 0 Å². The normalized spacial score (nSPS) is 19.3. The van der Waals surface area contributed by atoms with Crippen molar-refractivity contribution in [2.24, 2.45) is 0 Å². The van der Waals surface area contributed by atoms with Crippen molar-refractivity contribution in [3.05, 3.63) is 29.0 Å². The first-order valence-corrected chi connectivity index (χ1v) is 5.62. The van der Waals surface area contributed by atoms with Crippen LogP contribution < -0.4 is 0 Å². The van der Waals surface area contributed by atoms with E-state index in [2.05, 4.69) is 21.8 Å². The number of hydrogen-bond donors (Lipinski definition) is 0. The second kappa shape index (κ2) is 4.92. The molecule has 0 spiro atoms. The van der Waals surface area contributed by atoms with Crippen LogP contribution in [-0.4, -0.2) is 48.0 Å². The minimum Gasteiger partial charge on any atom is -0.304 e. The van der Waals surface area contributed by atoms with Crippen LogP contribution in [0.3, 0.4) is 0 Å². The highest BCUT2D eigenvalue weighted by molar-refractivity contribution is 6.30. The summed E-state index contributed by atoms with van der Waals surface area (Å²) in [6, 6.07) is 1.99. The highest BCUT2D eigenvalue weighted by atomic mass is 35.5. The molecule has 1 saturated heterocycles. The maximum atomic E-state index is 5.90. The van der Waals surface area contributed by atoms with Crippen molar-refractivity contribution >= 4 is 11.6 Å². The second-order valence-electron chi connectivity index (χ2n) is 4.09. The van der Waals surface area contributed by atoms with Gasteiger partial charge < -0.3 is 4.90 Å². The number of hydrogen-bond acceptors (Lipinski definition) is 3. The number of pyridine rings is 1. The van der Waals surface area contributed by atoms with Crippen molar-refractivity contribution in [1.82, 2.24) is 14.8 Å². The summed E-state index contributed by atoms with van der Waals surface area (Å²) < 4.78 is 0. The summed E-state index contributed by atoms with van der Waals surface area (Å²) in [5.74, 6) is 0. The zero-order chi connectivity index (χ0) is 10.7. The molecule has 0 bridgehead atoms. The molecular weight excluding hydrogens is 210 g/mol. The van der Waals surface area contributed by atoms with Gasteiger partial charge in [-0.3, -0.25) is 9.88 Å². The lowest BCUT2D eigenvalue weighted by Crippen LogP contribution is -2.43. The first-order valence-electron chi connectivity index (χ1n) is 5.24. The van der Waals surface area contributed by atoms with Crippen LogP contribution in [0.2, 0.25) is 5.02 Å². The first kappa shape index (κ1) is 10.9. The van der Waals surface area contributed by atoms with E-state index >= 15 is 0 Å². The number of rotatable bonds is 2. The van der Waals surface area contributed by atoms with Gasteiger partial charge in [0.2, 0.25) is 0 Å². The van der Waals surface area contributed by atoms with Gasteiger partial charge in [0.25, 0.3) is 0 Å². The number of piperazine rings is 1. The Labute approximate surface area is 95.7 Å². The van der Waals surface area contributed by atoms with E-state index in [9.17, 15) is 0 Å². The molecule has 2 heterocycles.